The maximum absolute atomic E-state index is 2.67. The fraction of sp³-hybridized carbons (Fsp3) is 1.00. The van der Waals surface area contributed by atoms with Gasteiger partial charge < -0.3 is 0 Å². The average molecular weight is 153 g/mol. The molecule has 0 spiro atoms. The van der Waals surface area contributed by atoms with Gasteiger partial charge >= 0.3 is 0 Å². The van der Waals surface area contributed by atoms with E-state index in [1.807, 2.05) is 0 Å². The zero-order valence-corrected chi connectivity index (χ0v) is 7.60. The van der Waals surface area contributed by atoms with E-state index in [-0.39, 0.29) is 0 Å². The third-order valence-electron chi connectivity index (χ3n) is 3.19. The SMILES string of the molecule is CCCCCC1(N2CC2)CC1. The molecule has 1 heterocycles. The zero-order valence-electron chi connectivity index (χ0n) is 7.60. The normalized spacial score (nSPS) is 27.0. The van der Waals surface area contributed by atoms with E-state index in [4.69, 9.17) is 0 Å². The third-order valence-corrected chi connectivity index (χ3v) is 3.19. The smallest absolute Gasteiger partial charge is 0.0212 e. The fourth-order valence-electron chi connectivity index (χ4n) is 2.10. The summed E-state index contributed by atoms with van der Waals surface area (Å²) in [6, 6.07) is 0. The molecule has 1 saturated heterocycles. The highest BCUT2D eigenvalue weighted by Gasteiger charge is 2.50. The predicted octanol–water partition coefficient (Wildman–Crippen LogP) is 2.41. The van der Waals surface area contributed by atoms with Gasteiger partial charge in [-0.2, -0.15) is 0 Å². The number of rotatable bonds is 5. The van der Waals surface area contributed by atoms with Gasteiger partial charge in [-0.1, -0.05) is 26.2 Å². The monoisotopic (exact) mass is 153 g/mol. The van der Waals surface area contributed by atoms with Gasteiger partial charge in [-0.15, -0.1) is 0 Å². The van der Waals surface area contributed by atoms with Crippen molar-refractivity contribution in [2.24, 2.45) is 0 Å². The molecule has 0 amide bonds. The van der Waals surface area contributed by atoms with Crippen molar-refractivity contribution in [3.05, 3.63) is 0 Å². The molecule has 0 aromatic rings. The van der Waals surface area contributed by atoms with Gasteiger partial charge in [-0.05, 0) is 19.3 Å². The predicted molar refractivity (Wildman–Crippen MR) is 47.7 cm³/mol. The van der Waals surface area contributed by atoms with Crippen molar-refractivity contribution in [1.82, 2.24) is 4.90 Å². The second-order valence-corrected chi connectivity index (χ2v) is 4.17. The minimum Gasteiger partial charge on any atom is -0.295 e. The maximum atomic E-state index is 2.67. The Labute approximate surface area is 69.8 Å². The van der Waals surface area contributed by atoms with Gasteiger partial charge in [0.1, 0.15) is 0 Å². The first-order chi connectivity index (χ1) is 5.37. The molecule has 1 aliphatic carbocycles. The molecule has 64 valence electrons. The summed E-state index contributed by atoms with van der Waals surface area (Å²) in [6.45, 7) is 5.08. The minimum absolute atomic E-state index is 0.745. The lowest BCUT2D eigenvalue weighted by atomic mass is 10.1. The van der Waals surface area contributed by atoms with Crippen molar-refractivity contribution in [3.8, 4) is 0 Å². The second kappa shape index (κ2) is 2.78. The van der Waals surface area contributed by atoms with Crippen molar-refractivity contribution >= 4 is 0 Å². The summed E-state index contributed by atoms with van der Waals surface area (Å²) in [7, 11) is 0. The van der Waals surface area contributed by atoms with Gasteiger partial charge in [-0.25, -0.2) is 0 Å². The van der Waals surface area contributed by atoms with Crippen LogP contribution in [0.25, 0.3) is 0 Å². The van der Waals surface area contributed by atoms with Crippen LogP contribution >= 0.6 is 0 Å². The first-order valence-corrected chi connectivity index (χ1v) is 5.12. The van der Waals surface area contributed by atoms with Crippen molar-refractivity contribution in [1.29, 1.82) is 0 Å². The lowest BCUT2D eigenvalue weighted by Gasteiger charge is -2.15. The minimum atomic E-state index is 0.745. The van der Waals surface area contributed by atoms with Crippen LogP contribution < -0.4 is 0 Å². The Kier molecular flexibility index (Phi) is 1.92. The molecular formula is C10H19N. The lowest BCUT2D eigenvalue weighted by molar-refractivity contribution is 0.341. The van der Waals surface area contributed by atoms with Crippen LogP contribution in [0.3, 0.4) is 0 Å². The van der Waals surface area contributed by atoms with Crippen LogP contribution in [-0.4, -0.2) is 23.5 Å². The molecule has 1 nitrogen and oxygen atoms in total. The van der Waals surface area contributed by atoms with Crippen LogP contribution in [0.15, 0.2) is 0 Å². The summed E-state index contributed by atoms with van der Waals surface area (Å²) in [5.41, 5.74) is 0.745. The van der Waals surface area contributed by atoms with E-state index in [0.29, 0.717) is 0 Å². The molecule has 0 N–H and O–H groups in total. The molecule has 0 aromatic carbocycles. The standard InChI is InChI=1S/C10H19N/c1-2-3-4-5-10(6-7-10)11-8-9-11/h2-9H2,1H3. The Hall–Kier alpha value is -0.0400. The quantitative estimate of drug-likeness (QED) is 0.433. The second-order valence-electron chi connectivity index (χ2n) is 4.17. The van der Waals surface area contributed by atoms with Crippen LogP contribution in [0.5, 0.6) is 0 Å². The van der Waals surface area contributed by atoms with Gasteiger partial charge in [0.2, 0.25) is 0 Å². The van der Waals surface area contributed by atoms with Crippen LogP contribution in [0.4, 0.5) is 0 Å². The molecule has 1 saturated carbocycles. The average Bonchev–Trinajstić information content (AvgIpc) is 2.84. The molecule has 0 atom stereocenters. The molecule has 1 aliphatic heterocycles. The van der Waals surface area contributed by atoms with Crippen LogP contribution in [-0.2, 0) is 0 Å². The summed E-state index contributed by atoms with van der Waals surface area (Å²) in [5, 5.41) is 0. The molecule has 1 heteroatoms. The van der Waals surface area contributed by atoms with Gasteiger partial charge in [0.15, 0.2) is 0 Å². The van der Waals surface area contributed by atoms with E-state index in [2.05, 4.69) is 11.8 Å². The van der Waals surface area contributed by atoms with E-state index in [9.17, 15) is 0 Å². The Morgan fingerprint density at radius 2 is 1.91 bits per heavy atom. The van der Waals surface area contributed by atoms with E-state index < -0.39 is 0 Å². The Morgan fingerprint density at radius 1 is 1.18 bits per heavy atom. The molecule has 2 rings (SSSR count). The van der Waals surface area contributed by atoms with Crippen molar-refractivity contribution in [3.63, 3.8) is 0 Å². The van der Waals surface area contributed by atoms with Gasteiger partial charge in [0.25, 0.3) is 0 Å². The molecule has 0 bridgehead atoms. The first-order valence-electron chi connectivity index (χ1n) is 5.12. The maximum Gasteiger partial charge on any atom is 0.0212 e. The zero-order chi connectivity index (χ0) is 7.73. The third kappa shape index (κ3) is 1.58. The van der Waals surface area contributed by atoms with Crippen LogP contribution in [0.1, 0.15) is 45.4 Å². The summed E-state index contributed by atoms with van der Waals surface area (Å²) in [6.07, 6.45) is 8.76. The van der Waals surface area contributed by atoms with Crippen molar-refractivity contribution in [2.45, 2.75) is 51.0 Å². The highest BCUT2D eigenvalue weighted by molar-refractivity contribution is 5.07. The molecule has 0 unspecified atom stereocenters. The Balaban J connectivity index is 1.68. The highest BCUT2D eigenvalue weighted by atomic mass is 15.3. The summed E-state index contributed by atoms with van der Waals surface area (Å²) in [4.78, 5) is 2.67. The summed E-state index contributed by atoms with van der Waals surface area (Å²) in [5.74, 6) is 0. The summed E-state index contributed by atoms with van der Waals surface area (Å²) >= 11 is 0. The number of unbranched alkanes of at least 4 members (excludes halogenated alkanes) is 2. The van der Waals surface area contributed by atoms with Crippen LogP contribution in [0.2, 0.25) is 0 Å². The van der Waals surface area contributed by atoms with E-state index in [1.165, 1.54) is 51.6 Å². The molecule has 2 fully saturated rings. The summed E-state index contributed by atoms with van der Waals surface area (Å²) < 4.78 is 0. The lowest BCUT2D eigenvalue weighted by Crippen LogP contribution is -2.19. The van der Waals surface area contributed by atoms with Crippen molar-refractivity contribution in [2.75, 3.05) is 13.1 Å². The topological polar surface area (TPSA) is 3.01 Å². The Bertz CT molecular complexity index is 134. The van der Waals surface area contributed by atoms with Gasteiger partial charge in [-0.3, -0.25) is 4.90 Å². The fourth-order valence-corrected chi connectivity index (χ4v) is 2.10. The molecule has 11 heavy (non-hydrogen) atoms. The molecular weight excluding hydrogens is 134 g/mol. The molecule has 0 aromatic heterocycles. The van der Waals surface area contributed by atoms with Gasteiger partial charge in [0.05, 0.1) is 0 Å². The number of hydrogen-bond donors (Lipinski definition) is 0. The number of hydrogen-bond acceptors (Lipinski definition) is 1. The van der Waals surface area contributed by atoms with Gasteiger partial charge in [0, 0.05) is 18.6 Å². The Morgan fingerprint density at radius 3 is 2.36 bits per heavy atom. The van der Waals surface area contributed by atoms with E-state index in [1.54, 1.807) is 0 Å². The van der Waals surface area contributed by atoms with E-state index in [0.717, 1.165) is 5.54 Å². The molecule has 2 aliphatic rings. The first kappa shape index (κ1) is 7.60. The van der Waals surface area contributed by atoms with E-state index >= 15 is 0 Å². The van der Waals surface area contributed by atoms with Crippen LogP contribution in [0, 0.1) is 0 Å². The largest absolute Gasteiger partial charge is 0.295 e. The van der Waals surface area contributed by atoms with Crippen molar-refractivity contribution < 1.29 is 0 Å². The highest BCUT2D eigenvalue weighted by Crippen LogP contribution is 2.48. The molecule has 0 radical (unpaired) electrons. The number of nitrogens with zero attached hydrogens (tertiary/aromatic N) is 1.